The van der Waals surface area contributed by atoms with Crippen LogP contribution >= 0.6 is 22.6 Å². The van der Waals surface area contributed by atoms with Crippen molar-refractivity contribution >= 4 is 22.6 Å². The molecule has 3 nitrogen and oxygen atoms in total. The third-order valence-electron chi connectivity index (χ3n) is 3.34. The second-order valence-corrected chi connectivity index (χ2v) is 5.42. The lowest BCUT2D eigenvalue weighted by Crippen LogP contribution is -2.26. The van der Waals surface area contributed by atoms with Crippen LogP contribution in [0.2, 0.25) is 0 Å². The van der Waals surface area contributed by atoms with Crippen molar-refractivity contribution in [3.63, 3.8) is 0 Å². The molecule has 1 fully saturated rings. The van der Waals surface area contributed by atoms with Gasteiger partial charge in [0.05, 0.1) is 24.4 Å². The molecular weight excluding hydrogens is 341 g/mol. The number of rotatable bonds is 4. The molecule has 96 valence electrons. The maximum absolute atomic E-state index is 10.3. The number of benzene rings is 1. The number of hydrogen-bond acceptors (Lipinski definition) is 3. The van der Waals surface area contributed by atoms with E-state index in [1.165, 1.54) is 0 Å². The molecule has 0 radical (unpaired) electrons. The van der Waals surface area contributed by atoms with E-state index in [1.807, 2.05) is 30.3 Å². The van der Waals surface area contributed by atoms with E-state index in [1.54, 1.807) is 0 Å². The predicted molar refractivity (Wildman–Crippen MR) is 77.3 cm³/mol. The first-order chi connectivity index (χ1) is 8.76. The summed E-state index contributed by atoms with van der Waals surface area (Å²) in [6, 6.07) is 11.5. The third kappa shape index (κ3) is 3.02. The Morgan fingerprint density at radius 1 is 1.39 bits per heavy atom. The van der Waals surface area contributed by atoms with E-state index in [0.29, 0.717) is 0 Å². The minimum atomic E-state index is -0.769. The minimum Gasteiger partial charge on any atom is -0.387 e. The molecule has 0 saturated carbocycles. The van der Waals surface area contributed by atoms with Gasteiger partial charge in [-0.25, -0.2) is 0 Å². The molecule has 1 aliphatic heterocycles. The number of nitrogens with zero attached hydrogens (tertiary/aromatic N) is 1. The molecular formula is C14H16INO2. The second kappa shape index (κ2) is 6.50. The average Bonchev–Trinajstić information content (AvgIpc) is 2.89. The first-order valence-electron chi connectivity index (χ1n) is 6.10. The summed E-state index contributed by atoms with van der Waals surface area (Å²) in [5.74, 6) is -0.486. The Balaban J connectivity index is 2.08. The fraction of sp³-hybridized carbons (Fsp3) is 0.500. The van der Waals surface area contributed by atoms with Gasteiger partial charge in [0.1, 0.15) is 5.92 Å². The smallest absolute Gasteiger partial charge is 0.103 e. The van der Waals surface area contributed by atoms with Crippen molar-refractivity contribution in [2.24, 2.45) is 5.92 Å². The van der Waals surface area contributed by atoms with Crippen LogP contribution in [0.5, 0.6) is 0 Å². The number of aliphatic hydroxyl groups is 1. The molecule has 1 saturated heterocycles. The summed E-state index contributed by atoms with van der Waals surface area (Å²) in [6.45, 7) is 0. The van der Waals surface area contributed by atoms with Crippen LogP contribution in [0.15, 0.2) is 30.3 Å². The van der Waals surface area contributed by atoms with E-state index in [0.717, 1.165) is 22.8 Å². The van der Waals surface area contributed by atoms with Gasteiger partial charge in [-0.3, -0.25) is 0 Å². The molecule has 0 aromatic heterocycles. The molecule has 4 unspecified atom stereocenters. The van der Waals surface area contributed by atoms with Crippen LogP contribution in [0, 0.1) is 17.2 Å². The normalized spacial score (nSPS) is 26.5. The Hall–Kier alpha value is -0.640. The van der Waals surface area contributed by atoms with Crippen LogP contribution in [0.25, 0.3) is 0 Å². The van der Waals surface area contributed by atoms with E-state index in [2.05, 4.69) is 28.7 Å². The van der Waals surface area contributed by atoms with Crippen molar-refractivity contribution in [3.05, 3.63) is 35.9 Å². The Labute approximate surface area is 121 Å². The van der Waals surface area contributed by atoms with Gasteiger partial charge in [-0.1, -0.05) is 52.9 Å². The predicted octanol–water partition coefficient (Wildman–Crippen LogP) is 2.84. The SMILES string of the molecule is N#CC(C1CCC(CI)O1)C(O)c1ccccc1. The fourth-order valence-electron chi connectivity index (χ4n) is 2.33. The molecule has 4 atom stereocenters. The lowest BCUT2D eigenvalue weighted by atomic mass is 9.91. The number of aliphatic hydroxyl groups excluding tert-OH is 1. The molecule has 4 heteroatoms. The summed E-state index contributed by atoms with van der Waals surface area (Å²) in [5, 5.41) is 19.6. The van der Waals surface area contributed by atoms with Crippen LogP contribution in [0.3, 0.4) is 0 Å². The Morgan fingerprint density at radius 3 is 2.67 bits per heavy atom. The topological polar surface area (TPSA) is 53.2 Å². The van der Waals surface area contributed by atoms with Gasteiger partial charge in [0.15, 0.2) is 0 Å². The highest BCUT2D eigenvalue weighted by Crippen LogP contribution is 2.33. The van der Waals surface area contributed by atoms with E-state index in [9.17, 15) is 10.4 Å². The second-order valence-electron chi connectivity index (χ2n) is 4.54. The molecule has 2 rings (SSSR count). The molecule has 0 bridgehead atoms. The lowest BCUT2D eigenvalue weighted by molar-refractivity contribution is -0.00685. The molecule has 1 heterocycles. The maximum Gasteiger partial charge on any atom is 0.103 e. The monoisotopic (exact) mass is 357 g/mol. The molecule has 0 amide bonds. The third-order valence-corrected chi connectivity index (χ3v) is 4.33. The van der Waals surface area contributed by atoms with E-state index in [-0.39, 0.29) is 12.2 Å². The number of alkyl halides is 1. The average molecular weight is 357 g/mol. The molecule has 1 aliphatic rings. The highest BCUT2D eigenvalue weighted by atomic mass is 127. The summed E-state index contributed by atoms with van der Waals surface area (Å²) in [5.41, 5.74) is 0.783. The van der Waals surface area contributed by atoms with Crippen molar-refractivity contribution in [2.45, 2.75) is 31.2 Å². The van der Waals surface area contributed by atoms with Crippen LogP contribution in [0.4, 0.5) is 0 Å². The first kappa shape index (κ1) is 13.8. The summed E-state index contributed by atoms with van der Waals surface area (Å²) in [6.07, 6.45) is 1.15. The standard InChI is InChI=1S/C14H16INO2/c15-8-11-6-7-13(18-11)12(9-16)14(17)10-4-2-1-3-5-10/h1-5,11-14,17H,6-8H2. The molecule has 1 aromatic carbocycles. The van der Waals surface area contributed by atoms with Crippen LogP contribution < -0.4 is 0 Å². The zero-order valence-electron chi connectivity index (χ0n) is 10.00. The van der Waals surface area contributed by atoms with Gasteiger partial charge < -0.3 is 9.84 Å². The largest absolute Gasteiger partial charge is 0.387 e. The lowest BCUT2D eigenvalue weighted by Gasteiger charge is -2.22. The number of halogens is 1. The van der Waals surface area contributed by atoms with Crippen LogP contribution in [-0.2, 0) is 4.74 Å². The molecule has 18 heavy (non-hydrogen) atoms. The van der Waals surface area contributed by atoms with Gasteiger partial charge in [0.25, 0.3) is 0 Å². The quantitative estimate of drug-likeness (QED) is 0.666. The van der Waals surface area contributed by atoms with Gasteiger partial charge in [-0.15, -0.1) is 0 Å². The molecule has 1 aromatic rings. The highest BCUT2D eigenvalue weighted by Gasteiger charge is 2.35. The highest BCUT2D eigenvalue weighted by molar-refractivity contribution is 14.1. The molecule has 0 aliphatic carbocycles. The zero-order valence-corrected chi connectivity index (χ0v) is 12.2. The number of nitriles is 1. The van der Waals surface area contributed by atoms with E-state index < -0.39 is 12.0 Å². The van der Waals surface area contributed by atoms with Crippen molar-refractivity contribution < 1.29 is 9.84 Å². The first-order valence-corrected chi connectivity index (χ1v) is 7.63. The molecule has 0 spiro atoms. The van der Waals surface area contributed by atoms with Crippen LogP contribution in [-0.4, -0.2) is 21.7 Å². The Morgan fingerprint density at radius 2 is 2.11 bits per heavy atom. The number of hydrogen-bond donors (Lipinski definition) is 1. The summed E-state index contributed by atoms with van der Waals surface area (Å²) >= 11 is 2.29. The fourth-order valence-corrected chi connectivity index (χ4v) is 2.97. The number of ether oxygens (including phenoxy) is 1. The van der Waals surface area contributed by atoms with E-state index >= 15 is 0 Å². The van der Waals surface area contributed by atoms with Gasteiger partial charge >= 0.3 is 0 Å². The summed E-state index contributed by atoms with van der Waals surface area (Å²) in [7, 11) is 0. The Kier molecular flexibility index (Phi) is 4.98. The van der Waals surface area contributed by atoms with E-state index in [4.69, 9.17) is 4.74 Å². The molecule has 1 N–H and O–H groups in total. The van der Waals surface area contributed by atoms with Crippen molar-refractivity contribution in [3.8, 4) is 6.07 Å². The minimum absolute atomic E-state index is 0.148. The van der Waals surface area contributed by atoms with Crippen molar-refractivity contribution in [1.29, 1.82) is 5.26 Å². The van der Waals surface area contributed by atoms with Crippen molar-refractivity contribution in [2.75, 3.05) is 4.43 Å². The van der Waals surface area contributed by atoms with Crippen LogP contribution in [0.1, 0.15) is 24.5 Å². The maximum atomic E-state index is 10.3. The van der Waals surface area contributed by atoms with Crippen molar-refractivity contribution in [1.82, 2.24) is 0 Å². The summed E-state index contributed by atoms with van der Waals surface area (Å²) < 4.78 is 6.75. The Bertz CT molecular complexity index is 418. The van der Waals surface area contributed by atoms with Gasteiger partial charge in [-0.05, 0) is 18.4 Å². The van der Waals surface area contributed by atoms with Gasteiger partial charge in [0.2, 0.25) is 0 Å². The van der Waals surface area contributed by atoms with Gasteiger partial charge in [-0.2, -0.15) is 5.26 Å². The van der Waals surface area contributed by atoms with Gasteiger partial charge in [0, 0.05) is 4.43 Å². The zero-order chi connectivity index (χ0) is 13.0. The summed E-state index contributed by atoms with van der Waals surface area (Å²) in [4.78, 5) is 0.